The molecule has 0 saturated carbocycles. The Kier molecular flexibility index (Phi) is 8.20. The lowest BCUT2D eigenvalue weighted by molar-refractivity contribution is -0.119. The molecule has 0 saturated heterocycles. The van der Waals surface area contributed by atoms with E-state index in [1.165, 1.54) is 0 Å². The molecule has 1 atom stereocenters. The van der Waals surface area contributed by atoms with E-state index >= 15 is 0 Å². The molecule has 0 aliphatic rings. The van der Waals surface area contributed by atoms with Crippen molar-refractivity contribution in [2.45, 2.75) is 31.9 Å². The summed E-state index contributed by atoms with van der Waals surface area (Å²) in [6.07, 6.45) is -0.542. The molecule has 0 spiro atoms. The van der Waals surface area contributed by atoms with Crippen LogP contribution in [-0.2, 0) is 27.4 Å². The van der Waals surface area contributed by atoms with Gasteiger partial charge in [-0.05, 0) is 29.7 Å². The fourth-order valence-corrected chi connectivity index (χ4v) is 2.49. The van der Waals surface area contributed by atoms with Gasteiger partial charge in [0.25, 0.3) is 0 Å². The van der Waals surface area contributed by atoms with E-state index in [1.54, 1.807) is 36.4 Å². The molecule has 0 unspecified atom stereocenters. The van der Waals surface area contributed by atoms with E-state index in [2.05, 4.69) is 10.6 Å². The number of benzene rings is 2. The van der Waals surface area contributed by atoms with Crippen LogP contribution >= 0.6 is 0 Å². The molecule has 0 aromatic heterocycles. The predicted molar refractivity (Wildman–Crippen MR) is 106 cm³/mol. The summed E-state index contributed by atoms with van der Waals surface area (Å²) >= 11 is 0. The zero-order valence-electron chi connectivity index (χ0n) is 15.8. The summed E-state index contributed by atoms with van der Waals surface area (Å²) in [6, 6.07) is 16.9. The Hall–Kier alpha value is -3.86. The van der Waals surface area contributed by atoms with Gasteiger partial charge in [-0.2, -0.15) is 5.26 Å². The number of primary amides is 1. The summed E-state index contributed by atoms with van der Waals surface area (Å²) in [5.41, 5.74) is 7.29. The van der Waals surface area contributed by atoms with Crippen molar-refractivity contribution < 1.29 is 19.1 Å². The Balaban J connectivity index is 1.96. The standard InChI is InChI=1S/C21H22N4O4/c22-13-12-15-6-8-17(9-7-15)24-20(27)18(10-11-19(23)26)25-21(28)29-14-16-4-2-1-3-5-16/h1-9,18H,10-12,14H2,(H2,23,26)(H,24,27)(H,25,28)/t18-/m0/s1. The lowest BCUT2D eigenvalue weighted by atomic mass is 10.1. The first-order valence-corrected chi connectivity index (χ1v) is 9.00. The topological polar surface area (TPSA) is 134 Å². The summed E-state index contributed by atoms with van der Waals surface area (Å²) in [6.45, 7) is 0.0528. The zero-order chi connectivity index (χ0) is 21.1. The third-order valence-electron chi connectivity index (χ3n) is 4.01. The van der Waals surface area contributed by atoms with Gasteiger partial charge in [0.15, 0.2) is 0 Å². The molecule has 4 N–H and O–H groups in total. The number of alkyl carbamates (subject to hydrolysis) is 1. The number of nitrogens with two attached hydrogens (primary N) is 1. The number of nitrogens with one attached hydrogen (secondary N) is 2. The van der Waals surface area contributed by atoms with Crippen LogP contribution in [-0.4, -0.2) is 23.9 Å². The molecule has 0 fully saturated rings. The molecule has 0 bridgehead atoms. The molecule has 29 heavy (non-hydrogen) atoms. The van der Waals surface area contributed by atoms with Gasteiger partial charge in [-0.3, -0.25) is 9.59 Å². The first-order valence-electron chi connectivity index (χ1n) is 9.00. The number of amides is 3. The molecule has 2 aromatic rings. The van der Waals surface area contributed by atoms with Gasteiger partial charge in [0.1, 0.15) is 12.6 Å². The van der Waals surface area contributed by atoms with E-state index in [0.717, 1.165) is 11.1 Å². The Morgan fingerprint density at radius 2 is 1.72 bits per heavy atom. The maximum Gasteiger partial charge on any atom is 0.408 e. The fourth-order valence-electron chi connectivity index (χ4n) is 2.49. The zero-order valence-corrected chi connectivity index (χ0v) is 15.8. The number of nitrogens with zero attached hydrogens (tertiary/aromatic N) is 1. The van der Waals surface area contributed by atoms with Crippen molar-refractivity contribution in [2.75, 3.05) is 5.32 Å². The van der Waals surface area contributed by atoms with Crippen LogP contribution < -0.4 is 16.4 Å². The molecule has 0 heterocycles. The highest BCUT2D eigenvalue weighted by Crippen LogP contribution is 2.11. The van der Waals surface area contributed by atoms with Crippen LogP contribution in [0.4, 0.5) is 10.5 Å². The highest BCUT2D eigenvalue weighted by Gasteiger charge is 2.22. The van der Waals surface area contributed by atoms with E-state index in [-0.39, 0.29) is 25.9 Å². The van der Waals surface area contributed by atoms with Gasteiger partial charge >= 0.3 is 6.09 Å². The number of anilines is 1. The molecular weight excluding hydrogens is 372 g/mol. The second-order valence-corrected chi connectivity index (χ2v) is 6.28. The van der Waals surface area contributed by atoms with E-state index in [1.807, 2.05) is 24.3 Å². The van der Waals surface area contributed by atoms with Gasteiger partial charge in [0.2, 0.25) is 11.8 Å². The van der Waals surface area contributed by atoms with Crippen molar-refractivity contribution in [1.82, 2.24) is 5.32 Å². The number of hydrogen-bond donors (Lipinski definition) is 3. The van der Waals surface area contributed by atoms with Crippen molar-refractivity contribution in [1.29, 1.82) is 5.26 Å². The van der Waals surface area contributed by atoms with Crippen LogP contribution in [0.1, 0.15) is 24.0 Å². The number of ether oxygens (including phenoxy) is 1. The summed E-state index contributed by atoms with van der Waals surface area (Å²) in [7, 11) is 0. The van der Waals surface area contributed by atoms with E-state index in [4.69, 9.17) is 15.7 Å². The minimum absolute atomic E-state index is 0.0358. The van der Waals surface area contributed by atoms with E-state index in [9.17, 15) is 14.4 Å². The third kappa shape index (κ3) is 7.72. The molecule has 150 valence electrons. The summed E-state index contributed by atoms with van der Waals surface area (Å²) in [5, 5.41) is 13.8. The number of carbonyl (C=O) groups is 3. The molecule has 8 heteroatoms. The molecule has 8 nitrogen and oxygen atoms in total. The highest BCUT2D eigenvalue weighted by atomic mass is 16.5. The minimum atomic E-state index is -0.996. The van der Waals surface area contributed by atoms with Crippen molar-refractivity contribution in [3.8, 4) is 6.07 Å². The Morgan fingerprint density at radius 3 is 2.34 bits per heavy atom. The average molecular weight is 394 g/mol. The fraction of sp³-hybridized carbons (Fsp3) is 0.238. The highest BCUT2D eigenvalue weighted by molar-refractivity contribution is 5.96. The number of nitriles is 1. The molecular formula is C21H22N4O4. The van der Waals surface area contributed by atoms with Crippen LogP contribution in [0.3, 0.4) is 0 Å². The van der Waals surface area contributed by atoms with Crippen LogP contribution in [0.25, 0.3) is 0 Å². The second kappa shape index (κ2) is 11.1. The Labute approximate surface area is 168 Å². The Bertz CT molecular complexity index is 876. The number of carbonyl (C=O) groups excluding carboxylic acids is 3. The lowest BCUT2D eigenvalue weighted by Gasteiger charge is -2.18. The SMILES string of the molecule is N#CCc1ccc(NC(=O)[C@H](CCC(N)=O)NC(=O)OCc2ccccc2)cc1. The van der Waals surface area contributed by atoms with Gasteiger partial charge in [-0.1, -0.05) is 42.5 Å². The Morgan fingerprint density at radius 1 is 1.03 bits per heavy atom. The van der Waals surface area contributed by atoms with Gasteiger partial charge in [-0.25, -0.2) is 4.79 Å². The normalized spacial score (nSPS) is 11.0. The smallest absolute Gasteiger partial charge is 0.408 e. The van der Waals surface area contributed by atoms with E-state index < -0.39 is 23.9 Å². The van der Waals surface area contributed by atoms with Crippen molar-refractivity contribution in [2.24, 2.45) is 5.73 Å². The molecule has 0 radical (unpaired) electrons. The molecule has 2 rings (SSSR count). The predicted octanol–water partition coefficient (Wildman–Crippen LogP) is 2.25. The van der Waals surface area contributed by atoms with Crippen LogP contribution in [0.2, 0.25) is 0 Å². The maximum absolute atomic E-state index is 12.6. The van der Waals surface area contributed by atoms with Crippen LogP contribution in [0, 0.1) is 11.3 Å². The van der Waals surface area contributed by atoms with Gasteiger partial charge < -0.3 is 21.1 Å². The monoisotopic (exact) mass is 394 g/mol. The molecule has 0 aliphatic carbocycles. The van der Waals surface area contributed by atoms with Crippen molar-refractivity contribution in [3.63, 3.8) is 0 Å². The molecule has 2 aromatic carbocycles. The average Bonchev–Trinajstić information content (AvgIpc) is 2.71. The quantitative estimate of drug-likeness (QED) is 0.600. The van der Waals surface area contributed by atoms with Gasteiger partial charge in [-0.15, -0.1) is 0 Å². The largest absolute Gasteiger partial charge is 0.445 e. The summed E-state index contributed by atoms with van der Waals surface area (Å²) in [4.78, 5) is 35.7. The summed E-state index contributed by atoms with van der Waals surface area (Å²) in [5.74, 6) is -1.08. The first kappa shape index (κ1) is 21.4. The minimum Gasteiger partial charge on any atom is -0.445 e. The number of hydrogen-bond acceptors (Lipinski definition) is 5. The van der Waals surface area contributed by atoms with E-state index in [0.29, 0.717) is 5.69 Å². The summed E-state index contributed by atoms with van der Waals surface area (Å²) < 4.78 is 5.13. The molecule has 0 aliphatic heterocycles. The molecule has 3 amide bonds. The van der Waals surface area contributed by atoms with Gasteiger partial charge in [0.05, 0.1) is 12.5 Å². The van der Waals surface area contributed by atoms with Crippen molar-refractivity contribution >= 4 is 23.6 Å². The number of rotatable bonds is 9. The first-order chi connectivity index (χ1) is 14.0. The third-order valence-corrected chi connectivity index (χ3v) is 4.01. The van der Waals surface area contributed by atoms with Crippen LogP contribution in [0.15, 0.2) is 54.6 Å². The van der Waals surface area contributed by atoms with Gasteiger partial charge in [0, 0.05) is 12.1 Å². The lowest BCUT2D eigenvalue weighted by Crippen LogP contribution is -2.44. The van der Waals surface area contributed by atoms with Crippen molar-refractivity contribution in [3.05, 3.63) is 65.7 Å². The maximum atomic E-state index is 12.6. The van der Waals surface area contributed by atoms with Crippen LogP contribution in [0.5, 0.6) is 0 Å². The second-order valence-electron chi connectivity index (χ2n) is 6.28.